The molecule has 2 fully saturated rings. The average Bonchev–Trinajstić information content (AvgIpc) is 3.50. The molecule has 14 heteroatoms. The Hall–Kier alpha value is -3.96. The molecule has 1 amide bonds. The molecule has 2 aromatic rings. The molecule has 1 saturated heterocycles. The summed E-state index contributed by atoms with van der Waals surface area (Å²) in [6, 6.07) is 3.89. The molecule has 45 heavy (non-hydrogen) atoms. The van der Waals surface area contributed by atoms with Crippen LogP contribution in [0.1, 0.15) is 85.8 Å². The minimum atomic E-state index is -2.10. The van der Waals surface area contributed by atoms with E-state index in [0.717, 1.165) is 32.1 Å². The number of nitriles is 1. The second-order valence-corrected chi connectivity index (χ2v) is 13.8. The lowest BCUT2D eigenvalue weighted by atomic mass is 9.86. The van der Waals surface area contributed by atoms with Crippen molar-refractivity contribution in [2.75, 3.05) is 12.3 Å². The topological polar surface area (TPSA) is 200 Å². The van der Waals surface area contributed by atoms with E-state index in [-0.39, 0.29) is 23.9 Å². The molecule has 1 saturated carbocycles. The van der Waals surface area contributed by atoms with E-state index < -0.39 is 65.6 Å². The van der Waals surface area contributed by atoms with Crippen molar-refractivity contribution in [3.05, 3.63) is 24.2 Å². The number of carbonyl (C=O) groups excluding carboxylic acids is 3. The Morgan fingerprint density at radius 1 is 1.20 bits per heavy atom. The number of nitrogen functional groups attached to an aromatic ring is 1. The lowest BCUT2D eigenvalue weighted by molar-refractivity contribution is -0.164. The zero-order valence-electron chi connectivity index (χ0n) is 26.7. The molecular weight excluding hydrogens is 584 g/mol. The van der Waals surface area contributed by atoms with Crippen molar-refractivity contribution >= 4 is 29.4 Å². The number of ether oxygens (including phenoxy) is 4. The number of nitrogens with one attached hydrogen (secondary N) is 1. The quantitative estimate of drug-likeness (QED) is 0.285. The number of rotatable bonds is 8. The largest absolute Gasteiger partial charge is 0.463 e. The van der Waals surface area contributed by atoms with Crippen molar-refractivity contribution in [1.29, 1.82) is 5.26 Å². The fraction of sp³-hybridized carbons (Fsp3) is 0.677. The van der Waals surface area contributed by atoms with E-state index in [1.807, 2.05) is 6.07 Å². The molecule has 0 spiro atoms. The van der Waals surface area contributed by atoms with Gasteiger partial charge in [0.1, 0.15) is 48.4 Å². The number of hydrogen-bond donors (Lipinski definition) is 3. The van der Waals surface area contributed by atoms with Crippen LogP contribution in [0, 0.1) is 22.7 Å². The number of hydrogen-bond acceptors (Lipinski definition) is 12. The zero-order chi connectivity index (χ0) is 33.2. The van der Waals surface area contributed by atoms with Gasteiger partial charge in [-0.15, -0.1) is 0 Å². The molecule has 5 atom stereocenters. The summed E-state index contributed by atoms with van der Waals surface area (Å²) in [7, 11) is 0. The molecule has 0 unspecified atom stereocenters. The van der Waals surface area contributed by atoms with Gasteiger partial charge in [-0.2, -0.15) is 10.4 Å². The number of anilines is 1. The minimum absolute atomic E-state index is 0.109. The van der Waals surface area contributed by atoms with Gasteiger partial charge in [0.2, 0.25) is 5.60 Å². The van der Waals surface area contributed by atoms with Gasteiger partial charge >= 0.3 is 18.0 Å². The van der Waals surface area contributed by atoms with Gasteiger partial charge in [0.15, 0.2) is 11.9 Å². The van der Waals surface area contributed by atoms with E-state index in [4.69, 9.17) is 24.7 Å². The van der Waals surface area contributed by atoms with Crippen LogP contribution in [0.5, 0.6) is 0 Å². The normalized spacial score (nSPS) is 24.9. The highest BCUT2D eigenvalue weighted by molar-refractivity contribution is 5.82. The third-order valence-electron chi connectivity index (χ3n) is 8.06. The van der Waals surface area contributed by atoms with Crippen LogP contribution < -0.4 is 11.1 Å². The predicted molar refractivity (Wildman–Crippen MR) is 160 cm³/mol. The first-order valence-electron chi connectivity index (χ1n) is 15.3. The number of carbonyl (C=O) groups is 3. The monoisotopic (exact) mass is 628 g/mol. The van der Waals surface area contributed by atoms with Crippen molar-refractivity contribution in [1.82, 2.24) is 19.9 Å². The van der Waals surface area contributed by atoms with Gasteiger partial charge in [0, 0.05) is 6.42 Å². The van der Waals surface area contributed by atoms with Crippen LogP contribution in [0.15, 0.2) is 18.5 Å². The second-order valence-electron chi connectivity index (χ2n) is 13.8. The standard InChI is InChI=1S/C31H44N6O8/c1-29(2,3)24(36-28(41)45-30(4,5)6)27(40)43-23-20(15-42-22(38)14-18-10-8-7-9-11-18)44-31(16-32,25(23)39)21-13-12-19-26(33)34-17-35-37(19)21/h12-13,17-18,20,23-25,39H,7-11,14-15H2,1-6H3,(H,36,41)(H2,33,34,35)/t20-,23-,24-,25-,31+/m1/s1. The molecule has 1 aliphatic heterocycles. The maximum absolute atomic E-state index is 13.7. The Bertz CT molecular complexity index is 1430. The highest BCUT2D eigenvalue weighted by Gasteiger charge is 2.60. The van der Waals surface area contributed by atoms with Gasteiger partial charge in [-0.3, -0.25) is 4.79 Å². The van der Waals surface area contributed by atoms with Crippen molar-refractivity contribution in [2.45, 2.75) is 116 Å². The lowest BCUT2D eigenvalue weighted by Crippen LogP contribution is -2.53. The minimum Gasteiger partial charge on any atom is -0.463 e. The fourth-order valence-electron chi connectivity index (χ4n) is 5.79. The van der Waals surface area contributed by atoms with Gasteiger partial charge in [-0.1, -0.05) is 40.0 Å². The first kappa shape index (κ1) is 33.9. The summed E-state index contributed by atoms with van der Waals surface area (Å²) in [6.45, 7) is 9.83. The number of nitrogens with two attached hydrogens (primary N) is 1. The van der Waals surface area contributed by atoms with E-state index in [9.17, 15) is 24.8 Å². The lowest BCUT2D eigenvalue weighted by Gasteiger charge is -2.32. The van der Waals surface area contributed by atoms with Gasteiger partial charge in [0.25, 0.3) is 0 Å². The van der Waals surface area contributed by atoms with Gasteiger partial charge in [0.05, 0.1) is 5.69 Å². The van der Waals surface area contributed by atoms with Crippen molar-refractivity contribution < 1.29 is 38.4 Å². The number of nitrogens with zero attached hydrogens (tertiary/aromatic N) is 4. The van der Waals surface area contributed by atoms with Gasteiger partial charge < -0.3 is 35.1 Å². The summed E-state index contributed by atoms with van der Waals surface area (Å²) < 4.78 is 24.2. The van der Waals surface area contributed by atoms with E-state index >= 15 is 0 Å². The van der Waals surface area contributed by atoms with Crippen molar-refractivity contribution in [2.24, 2.45) is 11.3 Å². The van der Waals surface area contributed by atoms with E-state index in [0.29, 0.717) is 5.52 Å². The highest BCUT2D eigenvalue weighted by atomic mass is 16.6. The van der Waals surface area contributed by atoms with Crippen LogP contribution in [0.3, 0.4) is 0 Å². The van der Waals surface area contributed by atoms with Crippen molar-refractivity contribution in [3.8, 4) is 6.07 Å². The molecular formula is C31H44N6O8. The Morgan fingerprint density at radius 2 is 1.89 bits per heavy atom. The third kappa shape index (κ3) is 7.65. The molecule has 0 aromatic carbocycles. The molecule has 1 aliphatic carbocycles. The number of alkyl carbamates (subject to hydrolysis) is 1. The molecule has 4 N–H and O–H groups in total. The molecule has 2 aliphatic rings. The maximum Gasteiger partial charge on any atom is 0.408 e. The zero-order valence-corrected chi connectivity index (χ0v) is 26.7. The Morgan fingerprint density at radius 3 is 2.51 bits per heavy atom. The van der Waals surface area contributed by atoms with Crippen LogP contribution in [0.2, 0.25) is 0 Å². The first-order chi connectivity index (χ1) is 21.1. The Balaban J connectivity index is 1.63. The number of aliphatic hydroxyl groups is 1. The predicted octanol–water partition coefficient (Wildman–Crippen LogP) is 3.15. The number of aromatic nitrogens is 3. The summed E-state index contributed by atoms with van der Waals surface area (Å²) in [5.74, 6) is -1.00. The third-order valence-corrected chi connectivity index (χ3v) is 8.06. The van der Waals surface area contributed by atoms with Crippen LogP contribution >= 0.6 is 0 Å². The molecule has 0 radical (unpaired) electrons. The summed E-state index contributed by atoms with van der Waals surface area (Å²) in [6.07, 6.45) is 1.25. The number of fused-ring (bicyclic) bond motifs is 1. The maximum atomic E-state index is 13.7. The summed E-state index contributed by atoms with van der Waals surface area (Å²) >= 11 is 0. The summed E-state index contributed by atoms with van der Waals surface area (Å²) in [5, 5.41) is 28.9. The molecule has 246 valence electrons. The van der Waals surface area contributed by atoms with Crippen LogP contribution in [0.25, 0.3) is 5.52 Å². The van der Waals surface area contributed by atoms with E-state index in [1.54, 1.807) is 47.6 Å². The Kier molecular flexibility index (Phi) is 9.94. The molecule has 4 rings (SSSR count). The summed E-state index contributed by atoms with van der Waals surface area (Å²) in [5.41, 5.74) is 2.69. The number of amides is 1. The Labute approximate surface area is 262 Å². The smallest absolute Gasteiger partial charge is 0.408 e. The highest BCUT2D eigenvalue weighted by Crippen LogP contribution is 2.42. The second kappa shape index (κ2) is 13.2. The molecule has 3 heterocycles. The number of aliphatic hydroxyl groups excluding tert-OH is 1. The SMILES string of the molecule is CC(C)(C)OC(=O)N[C@H](C(=O)O[C@H]1[C@@H](O)[C@](C#N)(c2ccc3c(N)ncnn23)O[C@@H]1COC(=O)CC1CCCCC1)C(C)(C)C. The van der Waals surface area contributed by atoms with E-state index in [2.05, 4.69) is 15.4 Å². The van der Waals surface area contributed by atoms with Crippen molar-refractivity contribution in [3.63, 3.8) is 0 Å². The van der Waals surface area contributed by atoms with Crippen LogP contribution in [-0.2, 0) is 34.1 Å². The summed E-state index contributed by atoms with van der Waals surface area (Å²) in [4.78, 5) is 43.1. The van der Waals surface area contributed by atoms with Gasteiger partial charge in [-0.05, 0) is 57.1 Å². The van der Waals surface area contributed by atoms with Crippen LogP contribution in [-0.4, -0.2) is 74.3 Å². The van der Waals surface area contributed by atoms with Gasteiger partial charge in [-0.25, -0.2) is 19.1 Å². The molecule has 14 nitrogen and oxygen atoms in total. The average molecular weight is 629 g/mol. The number of esters is 2. The fourth-order valence-corrected chi connectivity index (χ4v) is 5.79. The van der Waals surface area contributed by atoms with Crippen LogP contribution in [0.4, 0.5) is 10.6 Å². The molecule has 2 aromatic heterocycles. The first-order valence-corrected chi connectivity index (χ1v) is 15.3. The van der Waals surface area contributed by atoms with E-state index in [1.165, 1.54) is 16.9 Å². The molecule has 0 bridgehead atoms.